The molecule has 7 nitrogen and oxygen atoms in total. The molecule has 0 saturated carbocycles. The van der Waals surface area contributed by atoms with Gasteiger partial charge in [0, 0.05) is 19.0 Å². The standard InChI is InChI=1S/C26H28FN3O4/c1-16-10-22(33-17(16)2)13-28-12-19-4-6-20(7-5-19)24-9-8-21(11-25(24)27)30-15-23(34-26(30)32)14-29-18(3)31/h4-11,23,28H,12-15H2,1-3H3,(H,29,31). The predicted molar refractivity (Wildman–Crippen MR) is 127 cm³/mol. The molecule has 4 rings (SSSR count). The van der Waals surface area contributed by atoms with Crippen molar-refractivity contribution >= 4 is 17.7 Å². The van der Waals surface area contributed by atoms with Crippen LogP contribution in [0.3, 0.4) is 0 Å². The third-order valence-electron chi connectivity index (χ3n) is 5.83. The number of carbonyl (C=O) groups is 2. The molecule has 0 spiro atoms. The SMILES string of the molecule is CC(=O)NCC1CN(c2ccc(-c3ccc(CNCc4cc(C)c(C)o4)cc3)c(F)c2)C(=O)O1. The zero-order valence-corrected chi connectivity index (χ0v) is 19.5. The average molecular weight is 466 g/mol. The minimum atomic E-state index is -0.556. The van der Waals surface area contributed by atoms with Crippen molar-refractivity contribution in [1.29, 1.82) is 0 Å². The molecule has 0 radical (unpaired) electrons. The monoisotopic (exact) mass is 465 g/mol. The second-order valence-electron chi connectivity index (χ2n) is 8.47. The van der Waals surface area contributed by atoms with Gasteiger partial charge in [0.25, 0.3) is 0 Å². The number of amides is 2. The molecule has 2 amide bonds. The fourth-order valence-electron chi connectivity index (χ4n) is 3.87. The summed E-state index contributed by atoms with van der Waals surface area (Å²) < 4.78 is 25.9. The maximum Gasteiger partial charge on any atom is 0.414 e. The summed E-state index contributed by atoms with van der Waals surface area (Å²) in [5, 5.41) is 5.97. The zero-order chi connectivity index (χ0) is 24.2. The number of furan rings is 1. The van der Waals surface area contributed by atoms with Crippen LogP contribution < -0.4 is 15.5 Å². The van der Waals surface area contributed by atoms with Gasteiger partial charge in [-0.05, 0) is 54.8 Å². The van der Waals surface area contributed by atoms with Crippen molar-refractivity contribution in [3.05, 3.63) is 77.0 Å². The molecule has 178 valence electrons. The second-order valence-corrected chi connectivity index (χ2v) is 8.47. The van der Waals surface area contributed by atoms with Crippen LogP contribution in [0.4, 0.5) is 14.9 Å². The summed E-state index contributed by atoms with van der Waals surface area (Å²) >= 11 is 0. The Morgan fingerprint density at radius 1 is 1.12 bits per heavy atom. The van der Waals surface area contributed by atoms with Gasteiger partial charge in [0.2, 0.25) is 5.91 Å². The Kier molecular flexibility index (Phi) is 6.98. The molecule has 1 unspecified atom stereocenters. The van der Waals surface area contributed by atoms with E-state index in [4.69, 9.17) is 9.15 Å². The second kappa shape index (κ2) is 10.1. The Morgan fingerprint density at radius 2 is 1.88 bits per heavy atom. The van der Waals surface area contributed by atoms with Gasteiger partial charge < -0.3 is 19.8 Å². The molecule has 0 aliphatic carbocycles. The molecule has 3 aromatic rings. The van der Waals surface area contributed by atoms with Gasteiger partial charge in [-0.25, -0.2) is 9.18 Å². The summed E-state index contributed by atoms with van der Waals surface area (Å²) in [5.74, 6) is 1.21. The minimum absolute atomic E-state index is 0.200. The van der Waals surface area contributed by atoms with Crippen LogP contribution in [0.25, 0.3) is 11.1 Å². The molecule has 34 heavy (non-hydrogen) atoms. The summed E-state index contributed by atoms with van der Waals surface area (Å²) in [5.41, 5.74) is 3.83. The molecule has 2 aromatic carbocycles. The summed E-state index contributed by atoms with van der Waals surface area (Å²) in [7, 11) is 0. The Hall–Kier alpha value is -3.65. The molecule has 0 bridgehead atoms. The van der Waals surface area contributed by atoms with Gasteiger partial charge in [0.1, 0.15) is 23.4 Å². The fraction of sp³-hybridized carbons (Fsp3) is 0.308. The number of anilines is 1. The van der Waals surface area contributed by atoms with Crippen LogP contribution in [0.2, 0.25) is 0 Å². The van der Waals surface area contributed by atoms with Gasteiger partial charge in [-0.15, -0.1) is 0 Å². The first-order valence-corrected chi connectivity index (χ1v) is 11.2. The maximum absolute atomic E-state index is 14.9. The predicted octanol–water partition coefficient (Wildman–Crippen LogP) is 4.45. The number of nitrogens with zero attached hydrogens (tertiary/aromatic N) is 1. The summed E-state index contributed by atoms with van der Waals surface area (Å²) in [4.78, 5) is 24.6. The Morgan fingerprint density at radius 3 is 2.53 bits per heavy atom. The highest BCUT2D eigenvalue weighted by atomic mass is 19.1. The van der Waals surface area contributed by atoms with Crippen molar-refractivity contribution in [2.75, 3.05) is 18.0 Å². The largest absolute Gasteiger partial charge is 0.465 e. The number of nitrogens with one attached hydrogen (secondary N) is 2. The third kappa shape index (κ3) is 5.46. The number of rotatable bonds is 8. The van der Waals surface area contributed by atoms with E-state index in [0.717, 1.165) is 28.2 Å². The van der Waals surface area contributed by atoms with E-state index in [2.05, 4.69) is 10.6 Å². The lowest BCUT2D eigenvalue weighted by atomic mass is 10.0. The first-order valence-electron chi connectivity index (χ1n) is 11.2. The molecule has 1 aliphatic rings. The van der Waals surface area contributed by atoms with E-state index in [-0.39, 0.29) is 19.0 Å². The zero-order valence-electron chi connectivity index (χ0n) is 19.5. The topological polar surface area (TPSA) is 83.8 Å². The first kappa shape index (κ1) is 23.5. The normalized spacial score (nSPS) is 15.5. The van der Waals surface area contributed by atoms with Crippen molar-refractivity contribution in [3.63, 3.8) is 0 Å². The molecule has 2 N–H and O–H groups in total. The number of cyclic esters (lactones) is 1. The number of hydrogen-bond acceptors (Lipinski definition) is 5. The van der Waals surface area contributed by atoms with E-state index >= 15 is 0 Å². The number of hydrogen-bond donors (Lipinski definition) is 2. The highest BCUT2D eigenvalue weighted by Gasteiger charge is 2.32. The minimum Gasteiger partial charge on any atom is -0.465 e. The van der Waals surface area contributed by atoms with Crippen LogP contribution in [-0.4, -0.2) is 31.2 Å². The lowest BCUT2D eigenvalue weighted by Crippen LogP contribution is -2.33. The van der Waals surface area contributed by atoms with Crippen LogP contribution in [0.15, 0.2) is 52.9 Å². The van der Waals surface area contributed by atoms with Crippen LogP contribution in [-0.2, 0) is 22.6 Å². The Labute approximate surface area is 197 Å². The van der Waals surface area contributed by atoms with Gasteiger partial charge in [0.05, 0.1) is 25.3 Å². The molecule has 1 atom stereocenters. The molecule has 1 aliphatic heterocycles. The van der Waals surface area contributed by atoms with Crippen molar-refractivity contribution in [2.24, 2.45) is 0 Å². The maximum atomic E-state index is 14.9. The average Bonchev–Trinajstić information content (AvgIpc) is 3.33. The van der Waals surface area contributed by atoms with Crippen LogP contribution >= 0.6 is 0 Å². The van der Waals surface area contributed by atoms with Crippen molar-refractivity contribution in [1.82, 2.24) is 10.6 Å². The first-order chi connectivity index (χ1) is 16.3. The summed E-state index contributed by atoms with van der Waals surface area (Å²) in [6.07, 6.45) is -1.03. The fourth-order valence-corrected chi connectivity index (χ4v) is 3.87. The highest BCUT2D eigenvalue weighted by Crippen LogP contribution is 2.29. The van der Waals surface area contributed by atoms with Gasteiger partial charge in [-0.2, -0.15) is 0 Å². The van der Waals surface area contributed by atoms with E-state index in [1.165, 1.54) is 17.9 Å². The van der Waals surface area contributed by atoms with Gasteiger partial charge in [-0.1, -0.05) is 24.3 Å². The van der Waals surface area contributed by atoms with Crippen LogP contribution in [0.1, 0.15) is 29.6 Å². The number of ether oxygens (including phenoxy) is 1. The molecule has 1 saturated heterocycles. The Bertz CT molecular complexity index is 1170. The van der Waals surface area contributed by atoms with Crippen LogP contribution in [0.5, 0.6) is 0 Å². The van der Waals surface area contributed by atoms with Crippen molar-refractivity contribution < 1.29 is 23.1 Å². The van der Waals surface area contributed by atoms with Crippen molar-refractivity contribution in [2.45, 2.75) is 40.0 Å². The number of aryl methyl sites for hydroxylation is 2. The van der Waals surface area contributed by atoms with Crippen LogP contribution in [0, 0.1) is 19.7 Å². The highest BCUT2D eigenvalue weighted by molar-refractivity contribution is 5.90. The lowest BCUT2D eigenvalue weighted by molar-refractivity contribution is -0.119. The molecule has 1 aromatic heterocycles. The van der Waals surface area contributed by atoms with Gasteiger partial charge >= 0.3 is 6.09 Å². The lowest BCUT2D eigenvalue weighted by Gasteiger charge is -2.15. The van der Waals surface area contributed by atoms with E-state index in [0.29, 0.717) is 24.3 Å². The Balaban J connectivity index is 1.37. The quantitative estimate of drug-likeness (QED) is 0.513. The molecular formula is C26H28FN3O4. The van der Waals surface area contributed by atoms with Gasteiger partial charge in [0.15, 0.2) is 0 Å². The van der Waals surface area contributed by atoms with E-state index in [9.17, 15) is 14.0 Å². The smallest absolute Gasteiger partial charge is 0.414 e. The summed E-state index contributed by atoms with van der Waals surface area (Å²) in [6, 6.07) is 14.4. The van der Waals surface area contributed by atoms with Crippen molar-refractivity contribution in [3.8, 4) is 11.1 Å². The van der Waals surface area contributed by atoms with Gasteiger partial charge in [-0.3, -0.25) is 9.69 Å². The molecule has 1 fully saturated rings. The number of carbonyl (C=O) groups excluding carboxylic acids is 2. The summed E-state index contributed by atoms with van der Waals surface area (Å²) in [6.45, 7) is 7.14. The number of halogens is 1. The number of benzene rings is 2. The van der Waals surface area contributed by atoms with E-state index in [1.807, 2.05) is 44.2 Å². The molecule has 2 heterocycles. The van der Waals surface area contributed by atoms with E-state index in [1.54, 1.807) is 12.1 Å². The molecular weight excluding hydrogens is 437 g/mol. The van der Waals surface area contributed by atoms with E-state index < -0.39 is 18.0 Å². The molecule has 8 heteroatoms. The third-order valence-corrected chi connectivity index (χ3v) is 5.83.